The number of hydrogen-bond acceptors (Lipinski definition) is 3. The minimum absolute atomic E-state index is 0.147. The quantitative estimate of drug-likeness (QED) is 0.768. The molecule has 1 atom stereocenters. The molecule has 0 bridgehead atoms. The molecule has 0 aromatic heterocycles. The molecule has 1 fully saturated rings. The molecule has 1 aromatic carbocycles. The van der Waals surface area contributed by atoms with Gasteiger partial charge in [-0.25, -0.2) is 0 Å². The van der Waals surface area contributed by atoms with Gasteiger partial charge in [-0.05, 0) is 31.0 Å². The van der Waals surface area contributed by atoms with Crippen LogP contribution in [0.2, 0.25) is 0 Å². The fraction of sp³-hybridized carbons (Fsp3) is 0.579. The van der Waals surface area contributed by atoms with E-state index in [9.17, 15) is 9.59 Å². The maximum absolute atomic E-state index is 12.3. The van der Waals surface area contributed by atoms with Gasteiger partial charge >= 0.3 is 0 Å². The van der Waals surface area contributed by atoms with Crippen molar-refractivity contribution in [2.24, 2.45) is 5.92 Å². The number of likely N-dealkylation sites (tertiary alicyclic amines) is 1. The van der Waals surface area contributed by atoms with Crippen LogP contribution in [-0.2, 0) is 16.0 Å². The largest absolute Gasteiger partial charge is 0.378 e. The minimum atomic E-state index is 0.147. The van der Waals surface area contributed by atoms with Gasteiger partial charge in [0.05, 0.1) is 0 Å². The first-order valence-corrected chi connectivity index (χ1v) is 8.68. The van der Waals surface area contributed by atoms with E-state index in [0.29, 0.717) is 19.4 Å². The second-order valence-electron chi connectivity index (χ2n) is 6.84. The summed E-state index contributed by atoms with van der Waals surface area (Å²) in [5, 5.41) is 0. The summed E-state index contributed by atoms with van der Waals surface area (Å²) in [7, 11) is 5.87. The zero-order valence-corrected chi connectivity index (χ0v) is 15.3. The van der Waals surface area contributed by atoms with Crippen molar-refractivity contribution in [2.45, 2.75) is 26.2 Å². The average molecular weight is 331 g/mol. The third-order valence-electron chi connectivity index (χ3n) is 4.71. The van der Waals surface area contributed by atoms with Crippen LogP contribution >= 0.6 is 0 Å². The van der Waals surface area contributed by atoms with E-state index in [0.717, 1.165) is 25.2 Å². The van der Waals surface area contributed by atoms with Gasteiger partial charge in [0.1, 0.15) is 0 Å². The molecular formula is C19H29N3O2. The van der Waals surface area contributed by atoms with Crippen molar-refractivity contribution in [1.82, 2.24) is 9.80 Å². The highest BCUT2D eigenvalue weighted by atomic mass is 16.2. The Morgan fingerprint density at radius 1 is 1.21 bits per heavy atom. The van der Waals surface area contributed by atoms with Crippen LogP contribution in [0, 0.1) is 5.92 Å². The molecule has 1 saturated heterocycles. The molecule has 2 amide bonds. The number of hydrogen-bond donors (Lipinski definition) is 0. The molecule has 1 aliphatic rings. The highest BCUT2D eigenvalue weighted by Crippen LogP contribution is 2.19. The van der Waals surface area contributed by atoms with Gasteiger partial charge in [-0.3, -0.25) is 9.59 Å². The average Bonchev–Trinajstić information content (AvgIpc) is 2.92. The van der Waals surface area contributed by atoms with Gasteiger partial charge in [-0.2, -0.15) is 0 Å². The van der Waals surface area contributed by atoms with Crippen molar-refractivity contribution in [3.63, 3.8) is 0 Å². The fourth-order valence-electron chi connectivity index (χ4n) is 3.17. The van der Waals surface area contributed by atoms with E-state index in [1.165, 1.54) is 5.56 Å². The first-order chi connectivity index (χ1) is 11.4. The van der Waals surface area contributed by atoms with E-state index in [-0.39, 0.29) is 17.7 Å². The molecule has 0 aliphatic carbocycles. The van der Waals surface area contributed by atoms with Crippen LogP contribution in [0.15, 0.2) is 24.3 Å². The summed E-state index contributed by atoms with van der Waals surface area (Å²) in [6.45, 7) is 4.20. The number of carbonyl (C=O) groups is 2. The Balaban J connectivity index is 1.78. The number of rotatable bonds is 7. The Kier molecular flexibility index (Phi) is 6.23. The number of nitrogens with zero attached hydrogens (tertiary/aromatic N) is 3. The van der Waals surface area contributed by atoms with Crippen LogP contribution in [0.25, 0.3) is 0 Å². The normalized spacial score (nSPS) is 17.2. The maximum Gasteiger partial charge on any atom is 0.222 e. The standard InChI is InChI=1S/C19H29N3O2/c1-5-22-14-16(12-19(22)24)13-21(4)18(23)11-8-15-6-9-17(10-7-15)20(2)3/h6-7,9-10,16H,5,8,11-14H2,1-4H3/t16-/m1/s1. The lowest BCUT2D eigenvalue weighted by Gasteiger charge is -2.21. The zero-order chi connectivity index (χ0) is 17.7. The molecule has 0 unspecified atom stereocenters. The van der Waals surface area contributed by atoms with E-state index in [4.69, 9.17) is 0 Å². The Morgan fingerprint density at radius 2 is 1.88 bits per heavy atom. The molecule has 24 heavy (non-hydrogen) atoms. The van der Waals surface area contributed by atoms with Crippen molar-refractivity contribution in [2.75, 3.05) is 45.7 Å². The molecule has 1 aromatic rings. The van der Waals surface area contributed by atoms with Crippen molar-refractivity contribution in [1.29, 1.82) is 0 Å². The molecule has 132 valence electrons. The third kappa shape index (κ3) is 4.73. The number of carbonyl (C=O) groups excluding carboxylic acids is 2. The number of benzene rings is 1. The lowest BCUT2D eigenvalue weighted by Crippen LogP contribution is -2.33. The predicted molar refractivity (Wildman–Crippen MR) is 97.1 cm³/mol. The Hall–Kier alpha value is -2.04. The van der Waals surface area contributed by atoms with Gasteiger partial charge < -0.3 is 14.7 Å². The van der Waals surface area contributed by atoms with Crippen LogP contribution in [0.5, 0.6) is 0 Å². The smallest absolute Gasteiger partial charge is 0.222 e. The number of anilines is 1. The summed E-state index contributed by atoms with van der Waals surface area (Å²) in [4.78, 5) is 29.8. The van der Waals surface area contributed by atoms with Crippen LogP contribution in [0.1, 0.15) is 25.3 Å². The number of aryl methyl sites for hydroxylation is 1. The number of amides is 2. The lowest BCUT2D eigenvalue weighted by atomic mass is 10.1. The zero-order valence-electron chi connectivity index (χ0n) is 15.3. The highest BCUT2D eigenvalue weighted by molar-refractivity contribution is 5.79. The Morgan fingerprint density at radius 3 is 2.42 bits per heavy atom. The molecule has 0 radical (unpaired) electrons. The molecule has 0 saturated carbocycles. The molecule has 1 heterocycles. The Labute approximate surface area is 145 Å². The predicted octanol–water partition coefficient (Wildman–Crippen LogP) is 2.01. The summed E-state index contributed by atoms with van der Waals surface area (Å²) >= 11 is 0. The summed E-state index contributed by atoms with van der Waals surface area (Å²) in [6, 6.07) is 8.31. The second kappa shape index (κ2) is 8.18. The molecule has 5 heteroatoms. The molecule has 2 rings (SSSR count). The van der Waals surface area contributed by atoms with Crippen LogP contribution < -0.4 is 4.90 Å². The van der Waals surface area contributed by atoms with Gasteiger partial charge in [0.25, 0.3) is 0 Å². The molecule has 0 spiro atoms. The van der Waals surface area contributed by atoms with Gasteiger partial charge in [-0.15, -0.1) is 0 Å². The van der Waals surface area contributed by atoms with E-state index < -0.39 is 0 Å². The summed E-state index contributed by atoms with van der Waals surface area (Å²) in [6.07, 6.45) is 1.83. The second-order valence-corrected chi connectivity index (χ2v) is 6.84. The van der Waals surface area contributed by atoms with Gasteiger partial charge in [0.2, 0.25) is 11.8 Å². The van der Waals surface area contributed by atoms with Crippen LogP contribution in [0.4, 0.5) is 5.69 Å². The molecule has 5 nitrogen and oxygen atoms in total. The third-order valence-corrected chi connectivity index (χ3v) is 4.71. The monoisotopic (exact) mass is 331 g/mol. The molecule has 1 aliphatic heterocycles. The summed E-state index contributed by atoms with van der Waals surface area (Å²) in [5.41, 5.74) is 2.34. The minimum Gasteiger partial charge on any atom is -0.378 e. The fourth-order valence-corrected chi connectivity index (χ4v) is 3.17. The van der Waals surface area contributed by atoms with Crippen molar-refractivity contribution < 1.29 is 9.59 Å². The van der Waals surface area contributed by atoms with Gasteiger partial charge in [0.15, 0.2) is 0 Å². The summed E-state index contributed by atoms with van der Waals surface area (Å²) in [5.74, 6) is 0.629. The van der Waals surface area contributed by atoms with Gasteiger partial charge in [-0.1, -0.05) is 12.1 Å². The van der Waals surface area contributed by atoms with Crippen LogP contribution in [0.3, 0.4) is 0 Å². The van der Waals surface area contributed by atoms with E-state index in [1.807, 2.05) is 33.0 Å². The highest BCUT2D eigenvalue weighted by Gasteiger charge is 2.29. The molecule has 0 N–H and O–H groups in total. The Bertz CT molecular complexity index is 568. The topological polar surface area (TPSA) is 43.9 Å². The summed E-state index contributed by atoms with van der Waals surface area (Å²) < 4.78 is 0. The molecular weight excluding hydrogens is 302 g/mol. The van der Waals surface area contributed by atoms with E-state index in [2.05, 4.69) is 29.2 Å². The van der Waals surface area contributed by atoms with Crippen molar-refractivity contribution in [3.05, 3.63) is 29.8 Å². The first-order valence-electron chi connectivity index (χ1n) is 8.68. The van der Waals surface area contributed by atoms with E-state index in [1.54, 1.807) is 4.90 Å². The van der Waals surface area contributed by atoms with Crippen molar-refractivity contribution >= 4 is 17.5 Å². The maximum atomic E-state index is 12.3. The SMILES string of the molecule is CCN1C[C@@H](CN(C)C(=O)CCc2ccc(N(C)C)cc2)CC1=O. The van der Waals surface area contributed by atoms with Gasteiger partial charge in [0, 0.05) is 65.2 Å². The lowest BCUT2D eigenvalue weighted by molar-refractivity contribution is -0.130. The van der Waals surface area contributed by atoms with Crippen molar-refractivity contribution in [3.8, 4) is 0 Å². The van der Waals surface area contributed by atoms with Crippen LogP contribution in [-0.4, -0.2) is 62.4 Å². The van der Waals surface area contributed by atoms with E-state index >= 15 is 0 Å². The first kappa shape index (κ1) is 18.3.